The lowest BCUT2D eigenvalue weighted by Gasteiger charge is -2.18. The van der Waals surface area contributed by atoms with Gasteiger partial charge in [-0.05, 0) is 17.7 Å². The first kappa shape index (κ1) is 25.2. The SMILES string of the molecule is O=C(COC(=O)C(NC(=O)c1cc([N+](=O)[O-])cc([N+](=O)[O-])c1)c1ccccc1)c1ccc(Br)cc1. The summed E-state index contributed by atoms with van der Waals surface area (Å²) in [5.41, 5.74) is -1.11. The number of ether oxygens (including phenoxy) is 1. The van der Waals surface area contributed by atoms with Crippen LogP contribution >= 0.6 is 15.9 Å². The zero-order chi connectivity index (χ0) is 25.5. The zero-order valence-electron chi connectivity index (χ0n) is 17.8. The number of hydrogen-bond donors (Lipinski definition) is 1. The molecule has 1 N–H and O–H groups in total. The van der Waals surface area contributed by atoms with Crippen LogP contribution in [0.2, 0.25) is 0 Å². The van der Waals surface area contributed by atoms with E-state index in [0.29, 0.717) is 17.2 Å². The van der Waals surface area contributed by atoms with Gasteiger partial charge in [-0.15, -0.1) is 0 Å². The van der Waals surface area contributed by atoms with E-state index in [1.165, 1.54) is 12.1 Å². The molecule has 0 heterocycles. The summed E-state index contributed by atoms with van der Waals surface area (Å²) < 4.78 is 5.90. The molecule has 1 atom stereocenters. The molecule has 35 heavy (non-hydrogen) atoms. The van der Waals surface area contributed by atoms with E-state index in [1.54, 1.807) is 42.5 Å². The molecular formula is C23H16BrN3O8. The van der Waals surface area contributed by atoms with E-state index >= 15 is 0 Å². The number of nitrogens with one attached hydrogen (secondary N) is 1. The maximum atomic E-state index is 12.8. The van der Waals surface area contributed by atoms with E-state index in [1.807, 2.05) is 0 Å². The molecular weight excluding hydrogens is 526 g/mol. The van der Waals surface area contributed by atoms with Crippen molar-refractivity contribution in [3.63, 3.8) is 0 Å². The predicted molar refractivity (Wildman–Crippen MR) is 126 cm³/mol. The number of carbonyl (C=O) groups excluding carboxylic acids is 3. The highest BCUT2D eigenvalue weighted by Crippen LogP contribution is 2.24. The summed E-state index contributed by atoms with van der Waals surface area (Å²) in [7, 11) is 0. The van der Waals surface area contributed by atoms with Crippen LogP contribution in [0, 0.1) is 20.2 Å². The van der Waals surface area contributed by atoms with Crippen LogP contribution < -0.4 is 5.32 Å². The van der Waals surface area contributed by atoms with E-state index in [0.717, 1.165) is 16.6 Å². The number of benzene rings is 3. The van der Waals surface area contributed by atoms with E-state index in [4.69, 9.17) is 4.74 Å². The molecule has 0 saturated carbocycles. The average molecular weight is 542 g/mol. The summed E-state index contributed by atoms with van der Waals surface area (Å²) in [5.74, 6) is -2.42. The molecule has 0 spiro atoms. The van der Waals surface area contributed by atoms with Crippen molar-refractivity contribution in [3.8, 4) is 0 Å². The second-order valence-electron chi connectivity index (χ2n) is 7.11. The Balaban J connectivity index is 1.83. The second kappa shape index (κ2) is 11.1. The normalized spacial score (nSPS) is 11.2. The first-order chi connectivity index (χ1) is 16.7. The Labute approximate surface area is 206 Å². The standard InChI is InChI=1S/C23H16BrN3O8/c24-17-8-6-14(7-9-17)20(28)13-35-23(30)21(15-4-2-1-3-5-15)25-22(29)16-10-18(26(31)32)12-19(11-16)27(33)34/h1-12,21H,13H2,(H,25,29). The van der Waals surface area contributed by atoms with E-state index in [2.05, 4.69) is 21.2 Å². The summed E-state index contributed by atoms with van der Waals surface area (Å²) in [4.78, 5) is 58.5. The van der Waals surface area contributed by atoms with Crippen LogP contribution in [0.5, 0.6) is 0 Å². The van der Waals surface area contributed by atoms with Crippen LogP contribution in [0.25, 0.3) is 0 Å². The molecule has 178 valence electrons. The molecule has 12 heteroatoms. The minimum absolute atomic E-state index is 0.307. The smallest absolute Gasteiger partial charge is 0.333 e. The number of Topliss-reactive ketones (excluding diaryl/α,β-unsaturated/α-hetero) is 1. The lowest BCUT2D eigenvalue weighted by Crippen LogP contribution is -2.35. The van der Waals surface area contributed by atoms with Gasteiger partial charge in [0.15, 0.2) is 18.4 Å². The summed E-state index contributed by atoms with van der Waals surface area (Å²) in [6, 6.07) is 15.4. The molecule has 0 aromatic heterocycles. The first-order valence-corrected chi connectivity index (χ1v) is 10.7. The Kier molecular flexibility index (Phi) is 8.00. The van der Waals surface area contributed by atoms with E-state index in [-0.39, 0.29) is 0 Å². The molecule has 3 aromatic carbocycles. The summed E-state index contributed by atoms with van der Waals surface area (Å²) in [6.45, 7) is -0.595. The number of nitro groups is 2. The lowest BCUT2D eigenvalue weighted by atomic mass is 10.1. The fourth-order valence-corrected chi connectivity index (χ4v) is 3.28. The van der Waals surface area contributed by atoms with Crippen molar-refractivity contribution in [2.45, 2.75) is 6.04 Å². The minimum Gasteiger partial charge on any atom is -0.455 e. The number of nitrogens with zero attached hydrogens (tertiary/aromatic N) is 2. The summed E-state index contributed by atoms with van der Waals surface area (Å²) in [6.07, 6.45) is 0. The maximum Gasteiger partial charge on any atom is 0.333 e. The highest BCUT2D eigenvalue weighted by Gasteiger charge is 2.27. The van der Waals surface area contributed by atoms with Crippen LogP contribution in [-0.4, -0.2) is 34.1 Å². The average Bonchev–Trinajstić information content (AvgIpc) is 2.86. The summed E-state index contributed by atoms with van der Waals surface area (Å²) in [5, 5.41) is 24.6. The Morgan fingerprint density at radius 2 is 1.43 bits per heavy atom. The molecule has 0 radical (unpaired) electrons. The largest absolute Gasteiger partial charge is 0.455 e. The van der Waals surface area contributed by atoms with Crippen molar-refractivity contribution in [2.24, 2.45) is 0 Å². The molecule has 0 bridgehead atoms. The van der Waals surface area contributed by atoms with E-state index < -0.39 is 57.1 Å². The number of hydrogen-bond acceptors (Lipinski definition) is 8. The third kappa shape index (κ3) is 6.54. The Bertz CT molecular complexity index is 1260. The summed E-state index contributed by atoms with van der Waals surface area (Å²) >= 11 is 3.26. The molecule has 0 fully saturated rings. The van der Waals surface area contributed by atoms with Crippen molar-refractivity contribution in [2.75, 3.05) is 6.61 Å². The van der Waals surface area contributed by atoms with Crippen molar-refractivity contribution < 1.29 is 29.0 Å². The van der Waals surface area contributed by atoms with Crippen molar-refractivity contribution in [3.05, 3.63) is 114 Å². The fourth-order valence-electron chi connectivity index (χ4n) is 3.01. The van der Waals surface area contributed by atoms with Gasteiger partial charge in [-0.3, -0.25) is 29.8 Å². The fraction of sp³-hybridized carbons (Fsp3) is 0.0870. The Morgan fingerprint density at radius 1 is 0.857 bits per heavy atom. The van der Waals surface area contributed by atoms with Gasteiger partial charge in [-0.2, -0.15) is 0 Å². The minimum atomic E-state index is -1.39. The van der Waals surface area contributed by atoms with E-state index in [9.17, 15) is 34.6 Å². The van der Waals surface area contributed by atoms with Crippen molar-refractivity contribution >= 4 is 45.0 Å². The lowest BCUT2D eigenvalue weighted by molar-refractivity contribution is -0.394. The molecule has 3 aromatic rings. The van der Waals surface area contributed by atoms with Crippen LogP contribution in [0.3, 0.4) is 0 Å². The number of nitro benzene ring substituents is 2. The number of ketones is 1. The first-order valence-electron chi connectivity index (χ1n) is 9.91. The topological polar surface area (TPSA) is 159 Å². The molecule has 1 amide bonds. The van der Waals surface area contributed by atoms with Gasteiger partial charge in [0, 0.05) is 22.2 Å². The third-order valence-electron chi connectivity index (χ3n) is 4.74. The maximum absolute atomic E-state index is 12.8. The van der Waals surface area contributed by atoms with Crippen molar-refractivity contribution in [1.29, 1.82) is 0 Å². The van der Waals surface area contributed by atoms with Gasteiger partial charge in [-0.25, -0.2) is 4.79 Å². The number of rotatable bonds is 9. The Hall–Kier alpha value is -4.45. The van der Waals surface area contributed by atoms with Gasteiger partial charge < -0.3 is 10.1 Å². The molecule has 0 aliphatic heterocycles. The monoisotopic (exact) mass is 541 g/mol. The quantitative estimate of drug-likeness (QED) is 0.183. The van der Waals surface area contributed by atoms with Crippen LogP contribution in [0.4, 0.5) is 11.4 Å². The van der Waals surface area contributed by atoms with Gasteiger partial charge in [0.25, 0.3) is 17.3 Å². The molecule has 0 aliphatic rings. The highest BCUT2D eigenvalue weighted by atomic mass is 79.9. The van der Waals surface area contributed by atoms with Gasteiger partial charge in [0.2, 0.25) is 0 Å². The number of carbonyl (C=O) groups is 3. The van der Waals surface area contributed by atoms with Gasteiger partial charge in [0.1, 0.15) is 0 Å². The van der Waals surface area contributed by atoms with Gasteiger partial charge in [-0.1, -0.05) is 58.4 Å². The number of halogens is 1. The number of esters is 1. The third-order valence-corrected chi connectivity index (χ3v) is 5.27. The van der Waals surface area contributed by atoms with Crippen molar-refractivity contribution in [1.82, 2.24) is 5.32 Å². The second-order valence-corrected chi connectivity index (χ2v) is 8.02. The van der Waals surface area contributed by atoms with Crippen LogP contribution in [0.15, 0.2) is 77.3 Å². The molecule has 0 saturated heterocycles. The number of amides is 1. The molecule has 1 unspecified atom stereocenters. The molecule has 3 rings (SSSR count). The van der Waals surface area contributed by atoms with Gasteiger partial charge in [0.05, 0.1) is 21.5 Å². The Morgan fingerprint density at radius 3 is 1.97 bits per heavy atom. The zero-order valence-corrected chi connectivity index (χ0v) is 19.3. The molecule has 11 nitrogen and oxygen atoms in total. The van der Waals surface area contributed by atoms with Crippen LogP contribution in [0.1, 0.15) is 32.3 Å². The predicted octanol–water partition coefficient (Wildman–Crippen LogP) is 4.16. The highest BCUT2D eigenvalue weighted by molar-refractivity contribution is 9.10. The number of non-ortho nitro benzene ring substituents is 2. The van der Waals surface area contributed by atoms with Crippen LogP contribution in [-0.2, 0) is 9.53 Å². The molecule has 0 aliphatic carbocycles. The van der Waals surface area contributed by atoms with Gasteiger partial charge >= 0.3 is 5.97 Å².